The van der Waals surface area contributed by atoms with Gasteiger partial charge in [0.05, 0.1) is 13.1 Å². The highest BCUT2D eigenvalue weighted by Crippen LogP contribution is 2.36. The van der Waals surface area contributed by atoms with Crippen LogP contribution in [0.4, 0.5) is 9.59 Å². The molecule has 27 heavy (non-hydrogen) atoms. The Balaban J connectivity index is 2.24. The van der Waals surface area contributed by atoms with Crippen molar-refractivity contribution in [2.24, 2.45) is 0 Å². The number of hydrogen-bond donors (Lipinski definition) is 1. The first-order chi connectivity index (χ1) is 12.2. The molecule has 0 saturated carbocycles. The number of benzene rings is 1. The number of amides is 2. The van der Waals surface area contributed by atoms with Crippen LogP contribution in [-0.2, 0) is 15.0 Å². The third-order valence-electron chi connectivity index (χ3n) is 3.73. The van der Waals surface area contributed by atoms with Crippen LogP contribution in [0.1, 0.15) is 47.1 Å². The molecule has 1 aromatic carbocycles. The molecule has 0 atom stereocenters. The average Bonchev–Trinajstić information content (AvgIpc) is 2.36. The van der Waals surface area contributed by atoms with E-state index >= 15 is 0 Å². The lowest BCUT2D eigenvalue weighted by Crippen LogP contribution is -2.69. The van der Waals surface area contributed by atoms with Gasteiger partial charge in [-0.05, 0) is 65.3 Å². The minimum absolute atomic E-state index is 0.258. The number of carbonyl (C=O) groups excluding carboxylic acids is 2. The molecule has 1 heterocycles. The van der Waals surface area contributed by atoms with E-state index in [-0.39, 0.29) is 13.1 Å². The topological polar surface area (TPSA) is 67.9 Å². The molecule has 0 radical (unpaired) electrons. The van der Waals surface area contributed by atoms with Crippen molar-refractivity contribution in [3.63, 3.8) is 0 Å². The number of rotatable bonds is 2. The van der Waals surface area contributed by atoms with E-state index in [1.807, 2.05) is 26.8 Å². The van der Waals surface area contributed by atoms with Crippen molar-refractivity contribution in [3.8, 4) is 0 Å². The minimum atomic E-state index is -0.799. The maximum absolute atomic E-state index is 12.4. The zero-order valence-corrected chi connectivity index (χ0v) is 18.8. The van der Waals surface area contributed by atoms with E-state index < -0.39 is 28.9 Å². The number of likely N-dealkylation sites (tertiary alicyclic amines) is 1. The van der Waals surface area contributed by atoms with E-state index in [0.29, 0.717) is 5.02 Å². The summed E-state index contributed by atoms with van der Waals surface area (Å²) in [6.07, 6.45) is -0.979. The molecule has 0 aliphatic carbocycles. The van der Waals surface area contributed by atoms with E-state index in [1.165, 1.54) is 4.90 Å². The van der Waals surface area contributed by atoms with Crippen molar-refractivity contribution in [2.75, 3.05) is 13.1 Å². The SMILES string of the molecule is CC(C)(C)OC(=O)NC1(c2cc(Cl)cc(Br)c2)CN(C(=O)OC(C)(C)C)C1. The van der Waals surface area contributed by atoms with Crippen LogP contribution < -0.4 is 5.32 Å². The number of carbonyl (C=O) groups is 2. The summed E-state index contributed by atoms with van der Waals surface area (Å²) in [5, 5.41) is 3.44. The monoisotopic (exact) mass is 460 g/mol. The van der Waals surface area contributed by atoms with Gasteiger partial charge in [-0.15, -0.1) is 0 Å². The predicted octanol–water partition coefficient (Wildman–Crippen LogP) is 5.07. The van der Waals surface area contributed by atoms with Gasteiger partial charge in [0.1, 0.15) is 16.7 Å². The van der Waals surface area contributed by atoms with Crippen LogP contribution in [0.15, 0.2) is 22.7 Å². The standard InChI is InChI=1S/C19H26BrClN2O4/c1-17(2,3)26-15(24)22-19(12-7-13(20)9-14(21)8-12)10-23(11-19)16(25)27-18(4,5)6/h7-9H,10-11H2,1-6H3,(H,22,24). The molecular weight excluding hydrogens is 436 g/mol. The maximum Gasteiger partial charge on any atom is 0.410 e. The van der Waals surface area contributed by atoms with Crippen molar-refractivity contribution in [2.45, 2.75) is 58.3 Å². The molecule has 1 saturated heterocycles. The van der Waals surface area contributed by atoms with Crippen LogP contribution in [0.2, 0.25) is 5.02 Å². The summed E-state index contributed by atoms with van der Waals surface area (Å²) < 4.78 is 11.6. The van der Waals surface area contributed by atoms with Crippen LogP contribution in [-0.4, -0.2) is 41.4 Å². The summed E-state index contributed by atoms with van der Waals surface area (Å²) in [5.74, 6) is 0. The summed E-state index contributed by atoms with van der Waals surface area (Å²) in [4.78, 5) is 26.3. The zero-order valence-electron chi connectivity index (χ0n) is 16.5. The van der Waals surface area contributed by atoms with E-state index in [9.17, 15) is 9.59 Å². The normalized spacial score (nSPS) is 16.4. The molecule has 1 N–H and O–H groups in total. The first kappa shape index (κ1) is 21.8. The predicted molar refractivity (Wildman–Crippen MR) is 108 cm³/mol. The molecule has 1 aliphatic rings. The third kappa shape index (κ3) is 6.01. The quantitative estimate of drug-likeness (QED) is 0.667. The van der Waals surface area contributed by atoms with Crippen LogP contribution in [0, 0.1) is 0 Å². The van der Waals surface area contributed by atoms with Gasteiger partial charge in [-0.25, -0.2) is 9.59 Å². The second-order valence-corrected chi connectivity index (χ2v) is 10.1. The first-order valence-corrected chi connectivity index (χ1v) is 9.82. The van der Waals surface area contributed by atoms with Gasteiger partial charge in [0.2, 0.25) is 0 Å². The van der Waals surface area contributed by atoms with E-state index in [2.05, 4.69) is 21.2 Å². The van der Waals surface area contributed by atoms with Gasteiger partial charge in [0.25, 0.3) is 0 Å². The Bertz CT molecular complexity index is 714. The highest BCUT2D eigenvalue weighted by molar-refractivity contribution is 9.10. The second kappa shape index (κ2) is 7.51. The molecule has 1 fully saturated rings. The molecule has 0 unspecified atom stereocenters. The fraction of sp³-hybridized carbons (Fsp3) is 0.579. The summed E-state index contributed by atoms with van der Waals surface area (Å²) in [7, 11) is 0. The third-order valence-corrected chi connectivity index (χ3v) is 4.40. The number of ether oxygens (including phenoxy) is 2. The van der Waals surface area contributed by atoms with Crippen LogP contribution >= 0.6 is 27.5 Å². The van der Waals surface area contributed by atoms with Gasteiger partial charge in [0, 0.05) is 9.50 Å². The minimum Gasteiger partial charge on any atom is -0.444 e. The summed E-state index contributed by atoms with van der Waals surface area (Å²) in [5.41, 5.74) is -1.23. The average molecular weight is 462 g/mol. The Morgan fingerprint density at radius 3 is 2.11 bits per heavy atom. The summed E-state index contributed by atoms with van der Waals surface area (Å²) in [6, 6.07) is 5.41. The number of alkyl carbamates (subject to hydrolysis) is 1. The largest absolute Gasteiger partial charge is 0.444 e. The van der Waals surface area contributed by atoms with Gasteiger partial charge in [0.15, 0.2) is 0 Å². The molecule has 8 heteroatoms. The molecule has 6 nitrogen and oxygen atoms in total. The Labute approximate surface area is 173 Å². The molecular formula is C19H26BrClN2O4. The summed E-state index contributed by atoms with van der Waals surface area (Å²) >= 11 is 9.61. The Hall–Kier alpha value is -1.47. The van der Waals surface area contributed by atoms with Crippen molar-refractivity contribution < 1.29 is 19.1 Å². The molecule has 0 aromatic heterocycles. The zero-order chi connectivity index (χ0) is 20.6. The number of nitrogens with one attached hydrogen (secondary N) is 1. The fourth-order valence-electron chi connectivity index (χ4n) is 2.72. The van der Waals surface area contributed by atoms with Gasteiger partial charge in [-0.3, -0.25) is 0 Å². The molecule has 0 spiro atoms. The van der Waals surface area contributed by atoms with E-state index in [0.717, 1.165) is 10.0 Å². The molecule has 1 aromatic rings. The molecule has 150 valence electrons. The van der Waals surface area contributed by atoms with Crippen molar-refractivity contribution >= 4 is 39.7 Å². The number of halogens is 2. The summed E-state index contributed by atoms with van der Waals surface area (Å²) in [6.45, 7) is 11.3. The molecule has 2 rings (SSSR count). The number of nitrogens with zero attached hydrogens (tertiary/aromatic N) is 1. The van der Waals surface area contributed by atoms with Gasteiger partial charge in [-0.2, -0.15) is 0 Å². The van der Waals surface area contributed by atoms with Gasteiger partial charge < -0.3 is 19.7 Å². The van der Waals surface area contributed by atoms with Crippen LogP contribution in [0.25, 0.3) is 0 Å². The van der Waals surface area contributed by atoms with Gasteiger partial charge in [-0.1, -0.05) is 27.5 Å². The van der Waals surface area contributed by atoms with Gasteiger partial charge >= 0.3 is 12.2 Å². The van der Waals surface area contributed by atoms with Crippen LogP contribution in [0.3, 0.4) is 0 Å². The van der Waals surface area contributed by atoms with Crippen molar-refractivity contribution in [1.82, 2.24) is 10.2 Å². The van der Waals surface area contributed by atoms with Crippen LogP contribution in [0.5, 0.6) is 0 Å². The highest BCUT2D eigenvalue weighted by Gasteiger charge is 2.49. The lowest BCUT2D eigenvalue weighted by molar-refractivity contribution is -0.0230. The second-order valence-electron chi connectivity index (χ2n) is 8.70. The number of hydrogen-bond acceptors (Lipinski definition) is 4. The Kier molecular flexibility index (Phi) is 6.07. The van der Waals surface area contributed by atoms with Crippen molar-refractivity contribution in [1.29, 1.82) is 0 Å². The molecule has 2 amide bonds. The smallest absolute Gasteiger partial charge is 0.410 e. The lowest BCUT2D eigenvalue weighted by atomic mass is 9.82. The lowest BCUT2D eigenvalue weighted by Gasteiger charge is -2.50. The molecule has 1 aliphatic heterocycles. The Morgan fingerprint density at radius 1 is 1.07 bits per heavy atom. The van der Waals surface area contributed by atoms with Crippen molar-refractivity contribution in [3.05, 3.63) is 33.3 Å². The van der Waals surface area contributed by atoms with E-state index in [1.54, 1.807) is 32.9 Å². The fourth-order valence-corrected chi connectivity index (χ4v) is 3.58. The van der Waals surface area contributed by atoms with E-state index in [4.69, 9.17) is 21.1 Å². The highest BCUT2D eigenvalue weighted by atomic mass is 79.9. The first-order valence-electron chi connectivity index (χ1n) is 8.65. The Morgan fingerprint density at radius 2 is 1.63 bits per heavy atom. The molecule has 0 bridgehead atoms. The maximum atomic E-state index is 12.4.